The lowest BCUT2D eigenvalue weighted by molar-refractivity contribution is -0.148. The van der Waals surface area contributed by atoms with Crippen LogP contribution in [0.5, 0.6) is 0 Å². The fourth-order valence-corrected chi connectivity index (χ4v) is 3.87. The van der Waals surface area contributed by atoms with Gasteiger partial charge in [0.05, 0.1) is 0 Å². The van der Waals surface area contributed by atoms with Gasteiger partial charge in [-0.2, -0.15) is 0 Å². The van der Waals surface area contributed by atoms with Gasteiger partial charge in [0.25, 0.3) is 0 Å². The van der Waals surface area contributed by atoms with Gasteiger partial charge in [-0.1, -0.05) is 61.4 Å². The molecule has 0 aliphatic heterocycles. The number of carbonyl (C=O) groups is 1. The fraction of sp³-hybridized carbons (Fsp3) is 0.350. The molecular formula is C20H20O2. The van der Waals surface area contributed by atoms with Crippen LogP contribution in [-0.2, 0) is 9.53 Å². The topological polar surface area (TPSA) is 26.3 Å². The summed E-state index contributed by atoms with van der Waals surface area (Å²) in [6.45, 7) is 0. The SMILES string of the molecule is O=C(CC1CCCC1)OC1c2ccccc2-c2ccccc21. The highest BCUT2D eigenvalue weighted by Gasteiger charge is 2.31. The van der Waals surface area contributed by atoms with Crippen molar-refractivity contribution in [2.75, 3.05) is 0 Å². The lowest BCUT2D eigenvalue weighted by Gasteiger charge is -2.16. The molecule has 2 nitrogen and oxygen atoms in total. The van der Waals surface area contributed by atoms with Gasteiger partial charge in [-0.05, 0) is 29.9 Å². The van der Waals surface area contributed by atoms with E-state index in [0.29, 0.717) is 12.3 Å². The Hall–Kier alpha value is -2.09. The van der Waals surface area contributed by atoms with E-state index in [1.54, 1.807) is 0 Å². The summed E-state index contributed by atoms with van der Waals surface area (Å²) in [7, 11) is 0. The van der Waals surface area contributed by atoms with Crippen molar-refractivity contribution in [1.29, 1.82) is 0 Å². The number of fused-ring (bicyclic) bond motifs is 3. The second-order valence-corrected chi connectivity index (χ2v) is 6.40. The zero-order valence-electron chi connectivity index (χ0n) is 12.6. The Kier molecular flexibility index (Phi) is 3.45. The smallest absolute Gasteiger partial charge is 0.307 e. The van der Waals surface area contributed by atoms with Gasteiger partial charge in [0.1, 0.15) is 0 Å². The molecule has 0 atom stereocenters. The monoisotopic (exact) mass is 292 g/mol. The van der Waals surface area contributed by atoms with Gasteiger partial charge < -0.3 is 4.74 Å². The van der Waals surface area contributed by atoms with Crippen LogP contribution in [0.1, 0.15) is 49.3 Å². The maximum absolute atomic E-state index is 12.4. The molecule has 0 bridgehead atoms. The highest BCUT2D eigenvalue weighted by molar-refractivity contribution is 5.80. The van der Waals surface area contributed by atoms with E-state index in [0.717, 1.165) is 11.1 Å². The molecule has 0 amide bonds. The summed E-state index contributed by atoms with van der Waals surface area (Å²) in [5, 5.41) is 0. The molecule has 112 valence electrons. The van der Waals surface area contributed by atoms with Gasteiger partial charge in [-0.15, -0.1) is 0 Å². The molecule has 4 rings (SSSR count). The van der Waals surface area contributed by atoms with Crippen LogP contribution in [-0.4, -0.2) is 5.97 Å². The first kappa shape index (κ1) is 13.6. The number of hydrogen-bond donors (Lipinski definition) is 0. The molecule has 2 aliphatic rings. The molecule has 2 aromatic carbocycles. The average molecular weight is 292 g/mol. The van der Waals surface area contributed by atoms with E-state index < -0.39 is 0 Å². The summed E-state index contributed by atoms with van der Waals surface area (Å²) in [6.07, 6.45) is 5.20. The van der Waals surface area contributed by atoms with Crippen molar-refractivity contribution >= 4 is 5.97 Å². The molecule has 2 heteroatoms. The van der Waals surface area contributed by atoms with E-state index >= 15 is 0 Å². The molecule has 0 spiro atoms. The number of carbonyl (C=O) groups excluding carboxylic acids is 1. The predicted octanol–water partition coefficient (Wildman–Crippen LogP) is 4.88. The summed E-state index contributed by atoms with van der Waals surface area (Å²) >= 11 is 0. The maximum Gasteiger partial charge on any atom is 0.307 e. The standard InChI is InChI=1S/C20H20O2/c21-19(13-14-7-1-2-8-14)22-20-17-11-5-3-9-15(17)16-10-4-6-12-18(16)20/h3-6,9-12,14,20H,1-2,7-8,13H2. The van der Waals surface area contributed by atoms with Crippen molar-refractivity contribution in [2.45, 2.75) is 38.2 Å². The van der Waals surface area contributed by atoms with Gasteiger partial charge in [-0.25, -0.2) is 0 Å². The fourth-order valence-electron chi connectivity index (χ4n) is 3.87. The van der Waals surface area contributed by atoms with Crippen LogP contribution in [0.25, 0.3) is 11.1 Å². The van der Waals surface area contributed by atoms with Crippen molar-refractivity contribution in [1.82, 2.24) is 0 Å². The molecule has 0 heterocycles. The third-order valence-corrected chi connectivity index (χ3v) is 4.96. The van der Waals surface area contributed by atoms with Crippen LogP contribution in [0.4, 0.5) is 0 Å². The third-order valence-electron chi connectivity index (χ3n) is 4.96. The van der Waals surface area contributed by atoms with Crippen molar-refractivity contribution < 1.29 is 9.53 Å². The molecule has 0 radical (unpaired) electrons. The normalized spacial score (nSPS) is 17.3. The van der Waals surface area contributed by atoms with Crippen LogP contribution in [0, 0.1) is 5.92 Å². The molecule has 1 fully saturated rings. The van der Waals surface area contributed by atoms with Gasteiger partial charge in [0.15, 0.2) is 6.10 Å². The van der Waals surface area contributed by atoms with E-state index in [-0.39, 0.29) is 12.1 Å². The Balaban J connectivity index is 1.59. The van der Waals surface area contributed by atoms with Crippen LogP contribution in [0.3, 0.4) is 0 Å². The minimum Gasteiger partial charge on any atom is -0.452 e. The zero-order chi connectivity index (χ0) is 14.9. The molecule has 22 heavy (non-hydrogen) atoms. The highest BCUT2D eigenvalue weighted by Crippen LogP contribution is 2.45. The van der Waals surface area contributed by atoms with Crippen molar-refractivity contribution in [2.24, 2.45) is 5.92 Å². The molecule has 0 N–H and O–H groups in total. The van der Waals surface area contributed by atoms with E-state index in [1.165, 1.54) is 36.8 Å². The van der Waals surface area contributed by atoms with Crippen LogP contribution in [0.15, 0.2) is 48.5 Å². The number of rotatable bonds is 3. The number of benzene rings is 2. The molecule has 0 saturated heterocycles. The van der Waals surface area contributed by atoms with Crippen LogP contribution >= 0.6 is 0 Å². The summed E-state index contributed by atoms with van der Waals surface area (Å²) in [4.78, 5) is 12.4. The van der Waals surface area contributed by atoms with E-state index in [2.05, 4.69) is 24.3 Å². The van der Waals surface area contributed by atoms with Crippen LogP contribution < -0.4 is 0 Å². The minimum atomic E-state index is -0.235. The second kappa shape index (κ2) is 5.60. The Morgan fingerprint density at radius 2 is 1.45 bits per heavy atom. The van der Waals surface area contributed by atoms with Crippen molar-refractivity contribution in [3.63, 3.8) is 0 Å². The Morgan fingerprint density at radius 3 is 2.05 bits per heavy atom. The lowest BCUT2D eigenvalue weighted by atomic mass is 10.0. The van der Waals surface area contributed by atoms with Gasteiger partial charge in [-0.3, -0.25) is 4.79 Å². The number of esters is 1. The highest BCUT2D eigenvalue weighted by atomic mass is 16.5. The van der Waals surface area contributed by atoms with Crippen molar-refractivity contribution in [3.8, 4) is 11.1 Å². The van der Waals surface area contributed by atoms with Gasteiger partial charge in [0.2, 0.25) is 0 Å². The minimum absolute atomic E-state index is 0.0524. The summed E-state index contributed by atoms with van der Waals surface area (Å²) in [5.41, 5.74) is 4.61. The largest absolute Gasteiger partial charge is 0.452 e. The Morgan fingerprint density at radius 1 is 0.909 bits per heavy atom. The first-order valence-electron chi connectivity index (χ1n) is 8.20. The molecular weight excluding hydrogens is 272 g/mol. The summed E-state index contributed by atoms with van der Waals surface area (Å²) < 4.78 is 5.89. The van der Waals surface area contributed by atoms with Crippen LogP contribution in [0.2, 0.25) is 0 Å². The van der Waals surface area contributed by atoms with E-state index in [4.69, 9.17) is 4.74 Å². The molecule has 0 aromatic heterocycles. The predicted molar refractivity (Wildman–Crippen MR) is 86.4 cm³/mol. The summed E-state index contributed by atoms with van der Waals surface area (Å²) in [6, 6.07) is 16.5. The number of hydrogen-bond acceptors (Lipinski definition) is 2. The average Bonchev–Trinajstić information content (AvgIpc) is 3.15. The first-order valence-corrected chi connectivity index (χ1v) is 8.20. The molecule has 2 aromatic rings. The first-order chi connectivity index (χ1) is 10.8. The van der Waals surface area contributed by atoms with Crippen molar-refractivity contribution in [3.05, 3.63) is 59.7 Å². The zero-order valence-corrected chi connectivity index (χ0v) is 12.6. The maximum atomic E-state index is 12.4. The van der Waals surface area contributed by atoms with E-state index in [1.807, 2.05) is 24.3 Å². The number of ether oxygens (including phenoxy) is 1. The summed E-state index contributed by atoms with van der Waals surface area (Å²) in [5.74, 6) is 0.475. The van der Waals surface area contributed by atoms with E-state index in [9.17, 15) is 4.79 Å². The lowest BCUT2D eigenvalue weighted by Crippen LogP contribution is -2.13. The Labute approximate surface area is 131 Å². The molecule has 0 unspecified atom stereocenters. The van der Waals surface area contributed by atoms with Gasteiger partial charge in [0, 0.05) is 17.5 Å². The Bertz CT molecular complexity index is 653. The molecule has 1 saturated carbocycles. The third kappa shape index (κ3) is 2.33. The quantitative estimate of drug-likeness (QED) is 0.754. The second-order valence-electron chi connectivity index (χ2n) is 6.40. The van der Waals surface area contributed by atoms with Gasteiger partial charge >= 0.3 is 5.97 Å². The molecule has 2 aliphatic carbocycles.